The number of rotatable bonds is 6. The molecule has 2 heterocycles. The molecule has 1 aromatic heterocycles. The maximum atomic E-state index is 10.9. The number of nitrogens with zero attached hydrogens (tertiary/aromatic N) is 3. The van der Waals surface area contributed by atoms with Crippen LogP contribution in [-0.4, -0.2) is 45.3 Å². The van der Waals surface area contributed by atoms with Gasteiger partial charge in [-0.2, -0.15) is 0 Å². The van der Waals surface area contributed by atoms with E-state index in [1.165, 1.54) is 0 Å². The largest absolute Gasteiger partial charge is 0.491 e. The molecule has 0 amide bonds. The van der Waals surface area contributed by atoms with E-state index < -0.39 is 5.60 Å². The molecule has 1 unspecified atom stereocenters. The highest BCUT2D eigenvalue weighted by atomic mass is 16.5. The van der Waals surface area contributed by atoms with Crippen molar-refractivity contribution in [1.82, 2.24) is 14.9 Å². The summed E-state index contributed by atoms with van der Waals surface area (Å²) >= 11 is 0. The van der Waals surface area contributed by atoms with Crippen LogP contribution in [0.2, 0.25) is 0 Å². The number of aliphatic hydroxyl groups is 1. The van der Waals surface area contributed by atoms with Gasteiger partial charge in [0.1, 0.15) is 23.8 Å². The fourth-order valence-corrected chi connectivity index (χ4v) is 3.29. The van der Waals surface area contributed by atoms with E-state index in [0.717, 1.165) is 55.1 Å². The minimum Gasteiger partial charge on any atom is -0.491 e. The maximum Gasteiger partial charge on any atom is 0.127 e. The van der Waals surface area contributed by atoms with Crippen molar-refractivity contribution in [3.63, 3.8) is 0 Å². The molecule has 2 aromatic rings. The summed E-state index contributed by atoms with van der Waals surface area (Å²) in [5.74, 6) is 1.68. The van der Waals surface area contributed by atoms with E-state index in [1.54, 1.807) is 0 Å². The molecule has 1 fully saturated rings. The Bertz CT molecular complexity index is 690. The standard InChI is InChI=1S/C20H27N3O2/c1-3-19-21-11-17(12-22-19)13-23-9-5-8-20(24,14-23)15-25-18-7-4-6-16(2)10-18/h4,6-7,10-12,24H,3,5,8-9,13-15H2,1-2H3. The molecule has 1 N–H and O–H groups in total. The lowest BCUT2D eigenvalue weighted by atomic mass is 9.93. The second kappa shape index (κ2) is 7.93. The predicted octanol–water partition coefficient (Wildman–Crippen LogP) is 2.75. The minimum atomic E-state index is -0.813. The van der Waals surface area contributed by atoms with Crippen molar-refractivity contribution in [3.8, 4) is 5.75 Å². The van der Waals surface area contributed by atoms with Crippen molar-refractivity contribution in [2.45, 2.75) is 45.3 Å². The zero-order chi connectivity index (χ0) is 17.7. The first kappa shape index (κ1) is 17.8. The van der Waals surface area contributed by atoms with Gasteiger partial charge in [0.2, 0.25) is 0 Å². The summed E-state index contributed by atoms with van der Waals surface area (Å²) in [6.07, 6.45) is 6.35. The van der Waals surface area contributed by atoms with Crippen LogP contribution in [0.25, 0.3) is 0 Å². The number of β-amino-alcohol motifs (C(OH)–C–C–N with tert-alkyl or cyclic N) is 1. The van der Waals surface area contributed by atoms with Crippen molar-refractivity contribution < 1.29 is 9.84 Å². The second-order valence-electron chi connectivity index (χ2n) is 7.00. The molecular formula is C20H27N3O2. The third kappa shape index (κ3) is 5.00. The number of piperidine rings is 1. The number of hydrogen-bond donors (Lipinski definition) is 1. The molecule has 1 aliphatic rings. The quantitative estimate of drug-likeness (QED) is 0.875. The number of likely N-dealkylation sites (tertiary alicyclic amines) is 1. The minimum absolute atomic E-state index is 0.318. The van der Waals surface area contributed by atoms with Crippen LogP contribution >= 0.6 is 0 Å². The van der Waals surface area contributed by atoms with Gasteiger partial charge in [0.15, 0.2) is 0 Å². The van der Waals surface area contributed by atoms with Crippen LogP contribution in [0.3, 0.4) is 0 Å². The van der Waals surface area contributed by atoms with Crippen LogP contribution in [0.15, 0.2) is 36.7 Å². The van der Waals surface area contributed by atoms with E-state index in [1.807, 2.05) is 50.5 Å². The summed E-state index contributed by atoms with van der Waals surface area (Å²) in [6, 6.07) is 7.94. The van der Waals surface area contributed by atoms with Gasteiger partial charge in [0, 0.05) is 37.5 Å². The summed E-state index contributed by atoms with van der Waals surface area (Å²) in [5.41, 5.74) is 1.43. The van der Waals surface area contributed by atoms with Crippen LogP contribution < -0.4 is 4.74 Å². The molecule has 1 saturated heterocycles. The first-order valence-electron chi connectivity index (χ1n) is 9.00. The molecule has 1 aromatic carbocycles. The summed E-state index contributed by atoms with van der Waals surface area (Å²) in [7, 11) is 0. The molecule has 0 saturated carbocycles. The Kier molecular flexibility index (Phi) is 5.66. The molecule has 5 heteroatoms. The third-order valence-electron chi connectivity index (χ3n) is 4.61. The lowest BCUT2D eigenvalue weighted by Crippen LogP contribution is -2.51. The molecule has 3 rings (SSSR count). The molecule has 134 valence electrons. The topological polar surface area (TPSA) is 58.5 Å². The predicted molar refractivity (Wildman–Crippen MR) is 97.5 cm³/mol. The van der Waals surface area contributed by atoms with Crippen molar-refractivity contribution in [2.24, 2.45) is 0 Å². The Hall–Kier alpha value is -1.98. The zero-order valence-corrected chi connectivity index (χ0v) is 15.1. The number of hydrogen-bond acceptors (Lipinski definition) is 5. The summed E-state index contributed by atoms with van der Waals surface area (Å²) < 4.78 is 5.86. The lowest BCUT2D eigenvalue weighted by molar-refractivity contribution is -0.0621. The van der Waals surface area contributed by atoms with Crippen LogP contribution in [0, 0.1) is 6.92 Å². The first-order chi connectivity index (χ1) is 12.1. The zero-order valence-electron chi connectivity index (χ0n) is 15.1. The molecular weight excluding hydrogens is 314 g/mol. The van der Waals surface area contributed by atoms with Crippen LogP contribution in [-0.2, 0) is 13.0 Å². The van der Waals surface area contributed by atoms with Gasteiger partial charge in [-0.3, -0.25) is 4.90 Å². The van der Waals surface area contributed by atoms with E-state index in [4.69, 9.17) is 4.74 Å². The smallest absolute Gasteiger partial charge is 0.127 e. The molecule has 25 heavy (non-hydrogen) atoms. The molecule has 0 spiro atoms. The lowest BCUT2D eigenvalue weighted by Gasteiger charge is -2.38. The fourth-order valence-electron chi connectivity index (χ4n) is 3.29. The van der Waals surface area contributed by atoms with Crippen LogP contribution in [0.5, 0.6) is 5.75 Å². The van der Waals surface area contributed by atoms with Gasteiger partial charge in [-0.05, 0) is 44.0 Å². The van der Waals surface area contributed by atoms with Gasteiger partial charge in [0.05, 0.1) is 0 Å². The Morgan fingerprint density at radius 2 is 2.08 bits per heavy atom. The molecule has 0 aliphatic carbocycles. The average Bonchev–Trinajstić information content (AvgIpc) is 2.61. The SMILES string of the molecule is CCc1ncc(CN2CCCC(O)(COc3cccc(C)c3)C2)cn1. The number of benzene rings is 1. The highest BCUT2D eigenvalue weighted by molar-refractivity contribution is 5.27. The fraction of sp³-hybridized carbons (Fsp3) is 0.500. The Morgan fingerprint density at radius 1 is 1.28 bits per heavy atom. The molecule has 0 radical (unpaired) electrons. The van der Waals surface area contributed by atoms with Crippen molar-refractivity contribution in [2.75, 3.05) is 19.7 Å². The normalized spacial score (nSPS) is 21.2. The number of aryl methyl sites for hydroxylation is 2. The Labute approximate surface area is 149 Å². The van der Waals surface area contributed by atoms with Crippen LogP contribution in [0.4, 0.5) is 0 Å². The van der Waals surface area contributed by atoms with Crippen molar-refractivity contribution in [3.05, 3.63) is 53.6 Å². The van der Waals surface area contributed by atoms with Gasteiger partial charge < -0.3 is 9.84 Å². The highest BCUT2D eigenvalue weighted by Gasteiger charge is 2.34. The highest BCUT2D eigenvalue weighted by Crippen LogP contribution is 2.24. The second-order valence-corrected chi connectivity index (χ2v) is 7.00. The van der Waals surface area contributed by atoms with E-state index in [2.05, 4.69) is 14.9 Å². The number of aromatic nitrogens is 2. The first-order valence-corrected chi connectivity index (χ1v) is 9.00. The summed E-state index contributed by atoms with van der Waals surface area (Å²) in [6.45, 7) is 6.75. The molecule has 1 atom stereocenters. The number of ether oxygens (including phenoxy) is 1. The maximum absolute atomic E-state index is 10.9. The van der Waals surface area contributed by atoms with Crippen molar-refractivity contribution in [1.29, 1.82) is 0 Å². The van der Waals surface area contributed by atoms with E-state index in [-0.39, 0.29) is 0 Å². The van der Waals surface area contributed by atoms with E-state index in [9.17, 15) is 5.11 Å². The van der Waals surface area contributed by atoms with E-state index >= 15 is 0 Å². The third-order valence-corrected chi connectivity index (χ3v) is 4.61. The average molecular weight is 341 g/mol. The summed E-state index contributed by atoms with van der Waals surface area (Å²) in [4.78, 5) is 11.0. The molecule has 0 bridgehead atoms. The van der Waals surface area contributed by atoms with Gasteiger partial charge in [0.25, 0.3) is 0 Å². The Morgan fingerprint density at radius 3 is 2.80 bits per heavy atom. The van der Waals surface area contributed by atoms with Gasteiger partial charge in [-0.15, -0.1) is 0 Å². The molecule has 5 nitrogen and oxygen atoms in total. The van der Waals surface area contributed by atoms with Gasteiger partial charge in [-0.25, -0.2) is 9.97 Å². The van der Waals surface area contributed by atoms with Gasteiger partial charge >= 0.3 is 0 Å². The van der Waals surface area contributed by atoms with E-state index in [0.29, 0.717) is 13.2 Å². The van der Waals surface area contributed by atoms with Crippen LogP contribution in [0.1, 0.15) is 36.7 Å². The monoisotopic (exact) mass is 341 g/mol. The van der Waals surface area contributed by atoms with Gasteiger partial charge in [-0.1, -0.05) is 19.1 Å². The molecule has 1 aliphatic heterocycles. The Balaban J connectivity index is 1.57. The summed E-state index contributed by atoms with van der Waals surface area (Å²) in [5, 5.41) is 10.9. The van der Waals surface area contributed by atoms with Crippen molar-refractivity contribution >= 4 is 0 Å².